The van der Waals surface area contributed by atoms with Crippen LogP contribution in [0.5, 0.6) is 0 Å². The summed E-state index contributed by atoms with van der Waals surface area (Å²) < 4.78 is 21.2. The molecular formula is C49H74ClN7O13. The Morgan fingerprint density at radius 2 is 1.09 bits per heavy atom. The van der Waals surface area contributed by atoms with E-state index < -0.39 is 107 Å². The molecule has 20 nitrogen and oxygen atoms in total. The number of esters is 1. The number of alkyl carbamates (subject to hydrolysis) is 2. The lowest BCUT2D eigenvalue weighted by Crippen LogP contribution is -2.61. The van der Waals surface area contributed by atoms with E-state index in [0.717, 1.165) is 18.2 Å². The van der Waals surface area contributed by atoms with E-state index in [0.29, 0.717) is 17.9 Å². The van der Waals surface area contributed by atoms with Crippen LogP contribution >= 0.6 is 11.6 Å². The Bertz CT molecular complexity index is 2080. The van der Waals surface area contributed by atoms with Crippen molar-refractivity contribution in [1.82, 2.24) is 37.2 Å². The van der Waals surface area contributed by atoms with Crippen molar-refractivity contribution in [3.05, 3.63) is 59.1 Å². The number of amides is 7. The summed E-state index contributed by atoms with van der Waals surface area (Å²) in [5.74, 6) is -4.86. The van der Waals surface area contributed by atoms with Gasteiger partial charge in [-0.05, 0) is 144 Å². The third kappa shape index (κ3) is 22.6. The molecule has 8 N–H and O–H groups in total. The maximum absolute atomic E-state index is 14.2. The summed E-state index contributed by atoms with van der Waals surface area (Å²) in [4.78, 5) is 106. The number of carbonyl (C=O) groups excluding carboxylic acids is 8. The molecule has 0 aliphatic rings. The standard InChI is InChI=1S/C49H74ClN7O13/c1-28(38(58)44(64)67-13)53-41(61)35(16-14-15-26-51-45(65)69-48(7,8)9)55-39(59)29(2)54-43(63)37(30(3)68-47(4,5)6)57-42(62)36(25-27-52-46(66)70-49(10,11)12)56-40(60)33-19-17-31(18-20-33)32-21-23-34(50)24-22-32/h17-24,28-30,35-38,58H,14-16,25-27H2,1-13H3,(H,51,65)(H,52,66)(H,53,61)(H,54,63)(H,55,59)(H,56,60)(H,57,62)/t28-,29-,30+,35-,36-,37-,38?/m0/s1. The van der Waals surface area contributed by atoms with E-state index in [1.54, 1.807) is 106 Å². The molecule has 0 spiro atoms. The zero-order valence-electron chi connectivity index (χ0n) is 42.6. The van der Waals surface area contributed by atoms with Crippen LogP contribution in [-0.2, 0) is 42.9 Å². The minimum atomic E-state index is -1.72. The predicted molar refractivity (Wildman–Crippen MR) is 262 cm³/mol. The first kappa shape index (κ1) is 60.1. The highest BCUT2D eigenvalue weighted by molar-refractivity contribution is 6.30. The number of halogens is 1. The second-order valence-electron chi connectivity index (χ2n) is 19.7. The first-order valence-electron chi connectivity index (χ1n) is 23.2. The Hall–Kier alpha value is -5.99. The predicted octanol–water partition coefficient (Wildman–Crippen LogP) is 4.43. The van der Waals surface area contributed by atoms with Crippen LogP contribution in [-0.4, -0.2) is 132 Å². The molecule has 0 heterocycles. The van der Waals surface area contributed by atoms with Crippen molar-refractivity contribution in [2.24, 2.45) is 0 Å². The van der Waals surface area contributed by atoms with E-state index in [-0.39, 0.29) is 31.5 Å². The first-order valence-corrected chi connectivity index (χ1v) is 23.5. The van der Waals surface area contributed by atoms with Crippen molar-refractivity contribution < 1.29 is 62.4 Å². The average molecular weight is 1000 g/mol. The van der Waals surface area contributed by atoms with E-state index >= 15 is 0 Å². The van der Waals surface area contributed by atoms with Crippen molar-refractivity contribution in [2.75, 3.05) is 20.2 Å². The number of methoxy groups -OCH3 is 1. The number of aliphatic hydroxyl groups excluding tert-OH is 1. The van der Waals surface area contributed by atoms with Crippen LogP contribution in [0.3, 0.4) is 0 Å². The summed E-state index contributed by atoms with van der Waals surface area (Å²) >= 11 is 6.04. The molecule has 7 amide bonds. The van der Waals surface area contributed by atoms with Gasteiger partial charge >= 0.3 is 18.2 Å². The quantitative estimate of drug-likeness (QED) is 0.0435. The third-order valence-electron chi connectivity index (χ3n) is 9.90. The molecule has 70 heavy (non-hydrogen) atoms. The summed E-state index contributed by atoms with van der Waals surface area (Å²) in [5.41, 5.74) is -0.464. The van der Waals surface area contributed by atoms with Gasteiger partial charge < -0.3 is 61.3 Å². The Morgan fingerprint density at radius 3 is 1.60 bits per heavy atom. The van der Waals surface area contributed by atoms with Crippen LogP contribution in [0.4, 0.5) is 9.59 Å². The lowest BCUT2D eigenvalue weighted by molar-refractivity contribution is -0.152. The fraction of sp³-hybridized carbons (Fsp3) is 0.592. The highest BCUT2D eigenvalue weighted by Gasteiger charge is 2.36. The maximum Gasteiger partial charge on any atom is 0.407 e. The van der Waals surface area contributed by atoms with E-state index in [9.17, 15) is 43.5 Å². The van der Waals surface area contributed by atoms with Crippen LogP contribution in [0.1, 0.15) is 119 Å². The SMILES string of the molecule is COC(=O)C(O)[C@H](C)NC(=O)[C@H](CCCCNC(=O)OC(C)(C)C)NC(=O)[C@H](C)NC(=O)[C@@H](NC(=O)[C@H](CCNC(=O)OC(C)(C)C)NC(=O)c1ccc(-c2ccc(Cl)cc2)cc1)[C@@H](C)OC(C)(C)C. The molecule has 7 atom stereocenters. The van der Waals surface area contributed by atoms with Crippen LogP contribution in [0.2, 0.25) is 5.02 Å². The number of aliphatic hydroxyl groups is 1. The van der Waals surface area contributed by atoms with Crippen LogP contribution < -0.4 is 37.2 Å². The van der Waals surface area contributed by atoms with Crippen molar-refractivity contribution >= 4 is 59.3 Å². The van der Waals surface area contributed by atoms with Gasteiger partial charge in [0.2, 0.25) is 23.6 Å². The molecule has 0 bridgehead atoms. The highest BCUT2D eigenvalue weighted by atomic mass is 35.5. The summed E-state index contributed by atoms with van der Waals surface area (Å²) in [6.07, 6.45) is -3.56. The lowest BCUT2D eigenvalue weighted by Gasteiger charge is -2.32. The molecule has 21 heteroatoms. The minimum absolute atomic E-state index is 0.0345. The number of unbranched alkanes of at least 4 members (excludes halogenated alkanes) is 1. The topological polar surface area (TPSA) is 278 Å². The fourth-order valence-corrected chi connectivity index (χ4v) is 6.64. The summed E-state index contributed by atoms with van der Waals surface area (Å²) in [6, 6.07) is 7.31. The van der Waals surface area contributed by atoms with Crippen LogP contribution in [0.15, 0.2) is 48.5 Å². The summed E-state index contributed by atoms with van der Waals surface area (Å²) in [7, 11) is 1.07. The normalized spacial score (nSPS) is 14.7. The van der Waals surface area contributed by atoms with Gasteiger partial charge in [0.05, 0.1) is 24.9 Å². The molecule has 0 aliphatic carbocycles. The van der Waals surface area contributed by atoms with E-state index in [4.69, 9.17) is 25.8 Å². The molecule has 0 aliphatic heterocycles. The first-order chi connectivity index (χ1) is 32.4. The number of hydrogen-bond acceptors (Lipinski definition) is 13. The van der Waals surface area contributed by atoms with E-state index in [1.807, 2.05) is 12.1 Å². The Morgan fingerprint density at radius 1 is 0.586 bits per heavy atom. The van der Waals surface area contributed by atoms with Crippen molar-refractivity contribution in [3.8, 4) is 11.1 Å². The third-order valence-corrected chi connectivity index (χ3v) is 10.1. The Balaban J connectivity index is 2.35. The zero-order chi connectivity index (χ0) is 53.1. The summed E-state index contributed by atoms with van der Waals surface area (Å²) in [6.45, 7) is 19.8. The average Bonchev–Trinajstić information content (AvgIpc) is 3.24. The number of rotatable bonds is 23. The molecule has 390 valence electrons. The van der Waals surface area contributed by atoms with Gasteiger partial charge in [0.1, 0.15) is 35.4 Å². The number of ether oxygens (including phenoxy) is 4. The fourth-order valence-electron chi connectivity index (χ4n) is 6.52. The van der Waals surface area contributed by atoms with Gasteiger partial charge in [0.15, 0.2) is 6.10 Å². The van der Waals surface area contributed by atoms with Crippen molar-refractivity contribution in [3.63, 3.8) is 0 Å². The Kier molecular flexibility index (Phi) is 23.6. The maximum atomic E-state index is 14.2. The van der Waals surface area contributed by atoms with Crippen molar-refractivity contribution in [1.29, 1.82) is 0 Å². The molecule has 0 aromatic heterocycles. The molecule has 2 rings (SSSR count). The Labute approximate surface area is 416 Å². The van der Waals surface area contributed by atoms with E-state index in [2.05, 4.69) is 42.0 Å². The van der Waals surface area contributed by atoms with Gasteiger partial charge in [0, 0.05) is 23.7 Å². The monoisotopic (exact) mass is 1000 g/mol. The molecule has 1 unspecified atom stereocenters. The second kappa shape index (κ2) is 27.4. The molecule has 0 fully saturated rings. The number of hydrogen-bond donors (Lipinski definition) is 8. The van der Waals surface area contributed by atoms with Gasteiger partial charge in [0.25, 0.3) is 5.91 Å². The van der Waals surface area contributed by atoms with E-state index in [1.165, 1.54) is 13.8 Å². The molecule has 2 aromatic carbocycles. The number of benzene rings is 2. The highest BCUT2D eigenvalue weighted by Crippen LogP contribution is 2.22. The molecule has 0 saturated heterocycles. The molecule has 0 radical (unpaired) electrons. The van der Waals surface area contributed by atoms with Gasteiger partial charge in [-0.1, -0.05) is 35.9 Å². The van der Waals surface area contributed by atoms with Gasteiger partial charge in [-0.25, -0.2) is 14.4 Å². The summed E-state index contributed by atoms with van der Waals surface area (Å²) in [5, 5.41) is 29.2. The van der Waals surface area contributed by atoms with Crippen molar-refractivity contribution in [2.45, 2.75) is 168 Å². The largest absolute Gasteiger partial charge is 0.467 e. The van der Waals surface area contributed by atoms with Gasteiger partial charge in [-0.2, -0.15) is 0 Å². The zero-order valence-corrected chi connectivity index (χ0v) is 43.4. The van der Waals surface area contributed by atoms with Crippen LogP contribution in [0, 0.1) is 0 Å². The lowest BCUT2D eigenvalue weighted by atomic mass is 10.0. The van der Waals surface area contributed by atoms with Crippen LogP contribution in [0.25, 0.3) is 11.1 Å². The molecular weight excluding hydrogens is 930 g/mol. The second-order valence-corrected chi connectivity index (χ2v) is 20.2. The minimum Gasteiger partial charge on any atom is -0.467 e. The smallest absolute Gasteiger partial charge is 0.407 e. The number of carbonyl (C=O) groups is 8. The molecule has 0 saturated carbocycles. The van der Waals surface area contributed by atoms with Gasteiger partial charge in [-0.3, -0.25) is 24.0 Å². The molecule has 2 aromatic rings. The number of nitrogens with one attached hydrogen (secondary N) is 7. The van der Waals surface area contributed by atoms with Gasteiger partial charge in [-0.15, -0.1) is 0 Å².